The van der Waals surface area contributed by atoms with Gasteiger partial charge >= 0.3 is 5.97 Å². The van der Waals surface area contributed by atoms with Gasteiger partial charge in [-0.2, -0.15) is 0 Å². The van der Waals surface area contributed by atoms with Gasteiger partial charge in [0.1, 0.15) is 0 Å². The van der Waals surface area contributed by atoms with Crippen molar-refractivity contribution < 1.29 is 9.53 Å². The summed E-state index contributed by atoms with van der Waals surface area (Å²) in [5, 5.41) is 0. The highest BCUT2D eigenvalue weighted by Crippen LogP contribution is 2.21. The monoisotopic (exact) mass is 332 g/mol. The highest BCUT2D eigenvalue weighted by molar-refractivity contribution is 5.82. The number of rotatable bonds is 11. The molecular formula is C22H36O2. The first kappa shape index (κ1) is 22.4. The molecule has 136 valence electrons. The van der Waals surface area contributed by atoms with Crippen LogP contribution in [0.5, 0.6) is 0 Å². The molecule has 0 rings (SSSR count). The quantitative estimate of drug-likeness (QED) is 0.193. The van der Waals surface area contributed by atoms with Crippen LogP contribution in [0.1, 0.15) is 60.8 Å². The minimum atomic E-state index is -0.297. The molecule has 0 aliphatic carbocycles. The summed E-state index contributed by atoms with van der Waals surface area (Å²) < 4.78 is 4.81. The predicted octanol–water partition coefficient (Wildman–Crippen LogP) is 6.26. The topological polar surface area (TPSA) is 26.3 Å². The molecule has 0 bridgehead atoms. The Labute approximate surface area is 149 Å². The molecule has 0 heterocycles. The van der Waals surface area contributed by atoms with Gasteiger partial charge in [-0.15, -0.1) is 0 Å². The van der Waals surface area contributed by atoms with Gasteiger partial charge in [-0.3, -0.25) is 0 Å². The first-order chi connectivity index (χ1) is 11.4. The molecule has 0 N–H and O–H groups in total. The van der Waals surface area contributed by atoms with Crippen LogP contribution in [0.2, 0.25) is 0 Å². The number of allylic oxidation sites excluding steroid dienone is 7. The third-order valence-electron chi connectivity index (χ3n) is 3.95. The standard InChI is InChI=1S/C22H36O2/c1-7-18(3)15-20(5)17-21(6)16-19(4)13-11-9-10-12-14-22(23)24-8-2/h9-15,18-19,21H,7-8,16-17H2,1-6H3/b10-9+,13-11+,14-12+,20-15+/t18-,19-,21+/m1/s1. The molecule has 0 radical (unpaired) electrons. The van der Waals surface area contributed by atoms with Gasteiger partial charge in [-0.1, -0.05) is 76.1 Å². The minimum absolute atomic E-state index is 0.297. The summed E-state index contributed by atoms with van der Waals surface area (Å²) >= 11 is 0. The average molecular weight is 333 g/mol. The van der Waals surface area contributed by atoms with Crippen LogP contribution in [0.3, 0.4) is 0 Å². The Morgan fingerprint density at radius 2 is 1.67 bits per heavy atom. The molecule has 0 aromatic carbocycles. The molecule has 0 spiro atoms. The lowest BCUT2D eigenvalue weighted by molar-refractivity contribution is -0.137. The lowest BCUT2D eigenvalue weighted by Crippen LogP contribution is -2.02. The predicted molar refractivity (Wildman–Crippen MR) is 105 cm³/mol. The van der Waals surface area contributed by atoms with Crippen molar-refractivity contribution in [3.05, 3.63) is 48.1 Å². The Bertz CT molecular complexity index is 455. The molecule has 2 heteroatoms. The molecule has 0 aromatic rings. The number of ether oxygens (including phenoxy) is 1. The molecule has 24 heavy (non-hydrogen) atoms. The van der Waals surface area contributed by atoms with E-state index in [1.807, 2.05) is 12.2 Å². The van der Waals surface area contributed by atoms with Crippen LogP contribution in [0, 0.1) is 17.8 Å². The summed E-state index contributed by atoms with van der Waals surface area (Å²) in [7, 11) is 0. The molecule has 0 amide bonds. The van der Waals surface area contributed by atoms with Crippen LogP contribution in [0.15, 0.2) is 48.1 Å². The Morgan fingerprint density at radius 3 is 2.29 bits per heavy atom. The number of esters is 1. The van der Waals surface area contributed by atoms with Gasteiger partial charge in [-0.25, -0.2) is 4.79 Å². The van der Waals surface area contributed by atoms with E-state index >= 15 is 0 Å². The third-order valence-corrected chi connectivity index (χ3v) is 3.95. The summed E-state index contributed by atoms with van der Waals surface area (Å²) in [6.07, 6.45) is 17.2. The first-order valence-electron chi connectivity index (χ1n) is 9.24. The number of carbonyl (C=O) groups is 1. The van der Waals surface area contributed by atoms with Crippen LogP contribution in [0.25, 0.3) is 0 Å². The van der Waals surface area contributed by atoms with Gasteiger partial charge in [0.05, 0.1) is 6.61 Å². The number of carbonyl (C=O) groups excluding carboxylic acids is 1. The van der Waals surface area contributed by atoms with Crippen molar-refractivity contribution >= 4 is 5.97 Å². The minimum Gasteiger partial charge on any atom is -0.463 e. The number of hydrogen-bond donors (Lipinski definition) is 0. The highest BCUT2D eigenvalue weighted by Gasteiger charge is 2.07. The Kier molecular flexibility index (Phi) is 12.9. The van der Waals surface area contributed by atoms with Gasteiger partial charge in [0.25, 0.3) is 0 Å². The van der Waals surface area contributed by atoms with Crippen LogP contribution in [0.4, 0.5) is 0 Å². The maximum atomic E-state index is 11.1. The third kappa shape index (κ3) is 12.9. The lowest BCUT2D eigenvalue weighted by atomic mass is 9.90. The highest BCUT2D eigenvalue weighted by atomic mass is 16.5. The summed E-state index contributed by atoms with van der Waals surface area (Å²) in [6, 6.07) is 0. The second-order valence-electron chi connectivity index (χ2n) is 6.80. The second-order valence-corrected chi connectivity index (χ2v) is 6.80. The lowest BCUT2D eigenvalue weighted by Gasteiger charge is -2.15. The number of hydrogen-bond acceptors (Lipinski definition) is 2. The SMILES string of the molecule is CCOC(=O)/C=C/C=C/C=C/[C@@H](C)C[C@H](C)C/C(C)=C/[C@H](C)CC. The van der Waals surface area contributed by atoms with E-state index < -0.39 is 0 Å². The summed E-state index contributed by atoms with van der Waals surface area (Å²) in [5.41, 5.74) is 1.51. The fraction of sp³-hybridized carbons (Fsp3) is 0.591. The Hall–Kier alpha value is -1.57. The van der Waals surface area contributed by atoms with Crippen LogP contribution in [-0.4, -0.2) is 12.6 Å². The van der Waals surface area contributed by atoms with Crippen molar-refractivity contribution in [1.82, 2.24) is 0 Å². The Balaban J connectivity index is 4.17. The zero-order chi connectivity index (χ0) is 18.4. The van der Waals surface area contributed by atoms with Gasteiger partial charge in [0.2, 0.25) is 0 Å². The van der Waals surface area contributed by atoms with Crippen LogP contribution >= 0.6 is 0 Å². The van der Waals surface area contributed by atoms with Crippen molar-refractivity contribution in [2.75, 3.05) is 6.61 Å². The smallest absolute Gasteiger partial charge is 0.330 e. The normalized spacial score (nSPS) is 16.8. The fourth-order valence-corrected chi connectivity index (χ4v) is 2.72. The van der Waals surface area contributed by atoms with Crippen molar-refractivity contribution in [3.8, 4) is 0 Å². The van der Waals surface area contributed by atoms with Crippen molar-refractivity contribution in [1.29, 1.82) is 0 Å². The molecule has 0 fully saturated rings. The average Bonchev–Trinajstić information content (AvgIpc) is 2.50. The molecule has 3 atom stereocenters. The zero-order valence-corrected chi connectivity index (χ0v) is 16.4. The molecule has 0 aliphatic heterocycles. The summed E-state index contributed by atoms with van der Waals surface area (Å²) in [5.74, 6) is 1.63. The van der Waals surface area contributed by atoms with Crippen LogP contribution < -0.4 is 0 Å². The molecule has 0 aliphatic rings. The maximum Gasteiger partial charge on any atom is 0.330 e. The van der Waals surface area contributed by atoms with E-state index in [4.69, 9.17) is 4.74 Å². The zero-order valence-electron chi connectivity index (χ0n) is 16.4. The van der Waals surface area contributed by atoms with E-state index in [2.05, 4.69) is 52.8 Å². The van der Waals surface area contributed by atoms with Crippen molar-refractivity contribution in [2.45, 2.75) is 60.8 Å². The van der Waals surface area contributed by atoms with Gasteiger partial charge in [-0.05, 0) is 44.4 Å². The molecule has 2 nitrogen and oxygen atoms in total. The second kappa shape index (κ2) is 13.8. The van der Waals surface area contributed by atoms with E-state index in [0.717, 1.165) is 0 Å². The van der Waals surface area contributed by atoms with E-state index in [1.165, 1.54) is 30.9 Å². The van der Waals surface area contributed by atoms with Gasteiger partial charge in [0.15, 0.2) is 0 Å². The van der Waals surface area contributed by atoms with E-state index in [1.54, 1.807) is 13.0 Å². The van der Waals surface area contributed by atoms with Crippen LogP contribution in [-0.2, 0) is 9.53 Å². The molecule has 0 saturated carbocycles. The Morgan fingerprint density at radius 1 is 1.00 bits per heavy atom. The first-order valence-corrected chi connectivity index (χ1v) is 9.24. The van der Waals surface area contributed by atoms with Crippen molar-refractivity contribution in [2.24, 2.45) is 17.8 Å². The maximum absolute atomic E-state index is 11.1. The van der Waals surface area contributed by atoms with Gasteiger partial charge < -0.3 is 4.74 Å². The molecule has 0 aromatic heterocycles. The molecule has 0 saturated heterocycles. The summed E-state index contributed by atoms with van der Waals surface area (Å²) in [4.78, 5) is 11.1. The van der Waals surface area contributed by atoms with E-state index in [0.29, 0.717) is 24.4 Å². The van der Waals surface area contributed by atoms with E-state index in [9.17, 15) is 4.79 Å². The fourth-order valence-electron chi connectivity index (χ4n) is 2.72. The largest absolute Gasteiger partial charge is 0.463 e. The summed E-state index contributed by atoms with van der Waals surface area (Å²) in [6.45, 7) is 13.6. The van der Waals surface area contributed by atoms with Crippen molar-refractivity contribution in [3.63, 3.8) is 0 Å². The molecular weight excluding hydrogens is 296 g/mol. The van der Waals surface area contributed by atoms with Gasteiger partial charge in [0, 0.05) is 6.08 Å². The van der Waals surface area contributed by atoms with E-state index in [-0.39, 0.29) is 5.97 Å². The molecule has 0 unspecified atom stereocenters.